The van der Waals surface area contributed by atoms with E-state index in [4.69, 9.17) is 0 Å². The number of nitro groups is 2. The molecule has 15 heteroatoms. The highest BCUT2D eigenvalue weighted by molar-refractivity contribution is 9.10. The molecule has 0 bridgehead atoms. The summed E-state index contributed by atoms with van der Waals surface area (Å²) >= 11 is 4.14. The van der Waals surface area contributed by atoms with Gasteiger partial charge in [-0.2, -0.15) is 18.2 Å². The summed E-state index contributed by atoms with van der Waals surface area (Å²) in [7, 11) is 0. The van der Waals surface area contributed by atoms with Gasteiger partial charge in [-0.05, 0) is 77.8 Å². The Morgan fingerprint density at radius 1 is 0.975 bits per heavy atom. The third-order valence-electron chi connectivity index (χ3n) is 7.84. The monoisotopic (exact) mass is 641 g/mol. The van der Waals surface area contributed by atoms with Crippen LogP contribution in [0.4, 0.5) is 29.7 Å². The second kappa shape index (κ2) is 10.7. The van der Waals surface area contributed by atoms with Gasteiger partial charge in [0.15, 0.2) is 5.13 Å². The van der Waals surface area contributed by atoms with Crippen LogP contribution >= 0.6 is 27.3 Å². The lowest BCUT2D eigenvalue weighted by Gasteiger charge is -2.47. The van der Waals surface area contributed by atoms with Crippen LogP contribution in [0.15, 0.2) is 39.6 Å². The van der Waals surface area contributed by atoms with Crippen molar-refractivity contribution in [2.75, 3.05) is 31.1 Å². The van der Waals surface area contributed by atoms with Gasteiger partial charge in [-0.25, -0.2) is 0 Å². The van der Waals surface area contributed by atoms with Gasteiger partial charge in [-0.1, -0.05) is 17.4 Å². The van der Waals surface area contributed by atoms with Crippen molar-refractivity contribution in [1.29, 1.82) is 0 Å². The molecule has 3 heterocycles. The highest BCUT2D eigenvalue weighted by Gasteiger charge is 2.39. The number of hydrogen-bond donors (Lipinski definition) is 0. The van der Waals surface area contributed by atoms with E-state index >= 15 is 0 Å². The predicted molar refractivity (Wildman–Crippen MR) is 147 cm³/mol. The van der Waals surface area contributed by atoms with Crippen molar-refractivity contribution < 1.29 is 23.0 Å². The maximum atomic E-state index is 13.2. The summed E-state index contributed by atoms with van der Waals surface area (Å²) in [5.74, 6) is 0. The normalized spacial score (nSPS) is 17.9. The highest BCUT2D eigenvalue weighted by atomic mass is 79.9. The number of non-ortho nitro benzene ring substituents is 1. The number of anilines is 1. The van der Waals surface area contributed by atoms with E-state index in [0.717, 1.165) is 55.7 Å². The van der Waals surface area contributed by atoms with E-state index in [9.17, 15) is 38.2 Å². The maximum Gasteiger partial charge on any atom is 0.416 e. The van der Waals surface area contributed by atoms with Crippen LogP contribution in [0.3, 0.4) is 0 Å². The van der Waals surface area contributed by atoms with Crippen molar-refractivity contribution in [3.05, 3.63) is 76.5 Å². The van der Waals surface area contributed by atoms with E-state index in [1.54, 1.807) is 12.1 Å². The Morgan fingerprint density at radius 3 is 2.17 bits per heavy atom. The molecule has 5 rings (SSSR count). The van der Waals surface area contributed by atoms with Gasteiger partial charge in [0.05, 0.1) is 25.3 Å². The molecule has 2 saturated heterocycles. The number of halogens is 4. The molecule has 0 unspecified atom stereocenters. The van der Waals surface area contributed by atoms with E-state index in [2.05, 4.69) is 25.8 Å². The van der Waals surface area contributed by atoms with E-state index in [1.807, 2.05) is 4.90 Å². The first-order chi connectivity index (χ1) is 18.8. The zero-order valence-electron chi connectivity index (χ0n) is 20.9. The SMILES string of the molecule is O=c1nc(N2CCC3(CCN(Cc4ccc([N+](=O)[O-])c(Br)c4)CC3)CC2)sc2c([N+](=O)[O-])cc(C(F)(F)F)cc12. The smallest absolute Gasteiger partial charge is 0.348 e. The largest absolute Gasteiger partial charge is 0.416 e. The summed E-state index contributed by atoms with van der Waals surface area (Å²) in [5.41, 5.74) is -1.80. The number of fused-ring (bicyclic) bond motifs is 1. The Morgan fingerprint density at radius 2 is 1.60 bits per heavy atom. The zero-order chi connectivity index (χ0) is 28.8. The number of likely N-dealkylation sites (tertiary alicyclic amines) is 1. The first kappa shape index (κ1) is 28.4. The van der Waals surface area contributed by atoms with E-state index in [0.29, 0.717) is 36.2 Å². The Kier molecular flexibility index (Phi) is 7.56. The standard InChI is InChI=1S/C25H23BrF3N5O5S/c26-18-11-15(1-2-19(18)33(36)37)14-31-7-3-24(4-8-31)5-9-32(10-6-24)23-30-22(35)17-12-16(25(27,28)29)13-20(34(38)39)21(17)40-23/h1-2,11-13H,3-10,14H2. The van der Waals surface area contributed by atoms with Crippen LogP contribution in [0.2, 0.25) is 0 Å². The molecule has 0 saturated carbocycles. The van der Waals surface area contributed by atoms with Crippen LogP contribution in [-0.2, 0) is 12.7 Å². The van der Waals surface area contributed by atoms with Crippen LogP contribution < -0.4 is 10.5 Å². The summed E-state index contributed by atoms with van der Waals surface area (Å²) in [6.45, 7) is 3.58. The van der Waals surface area contributed by atoms with Crippen LogP contribution in [0.5, 0.6) is 0 Å². The molecule has 1 spiro atoms. The number of nitrogens with zero attached hydrogens (tertiary/aromatic N) is 5. The third kappa shape index (κ3) is 5.67. The highest BCUT2D eigenvalue weighted by Crippen LogP contribution is 2.44. The molecule has 0 amide bonds. The van der Waals surface area contributed by atoms with Crippen molar-refractivity contribution in [3.8, 4) is 0 Å². The minimum atomic E-state index is -4.83. The van der Waals surface area contributed by atoms with Crippen molar-refractivity contribution in [2.45, 2.75) is 38.4 Å². The number of hydrogen-bond acceptors (Lipinski definition) is 9. The van der Waals surface area contributed by atoms with Gasteiger partial charge < -0.3 is 4.90 Å². The molecule has 40 heavy (non-hydrogen) atoms. The fourth-order valence-corrected chi connectivity index (χ4v) is 7.18. The first-order valence-corrected chi connectivity index (χ1v) is 14.1. The topological polar surface area (TPSA) is 123 Å². The number of nitro benzene ring substituents is 2. The van der Waals surface area contributed by atoms with Gasteiger partial charge in [-0.3, -0.25) is 29.9 Å². The van der Waals surface area contributed by atoms with Gasteiger partial charge in [0.1, 0.15) is 4.70 Å². The molecule has 0 radical (unpaired) electrons. The number of alkyl halides is 3. The summed E-state index contributed by atoms with van der Waals surface area (Å²) in [6.07, 6.45) is -1.24. The predicted octanol–water partition coefficient (Wildman–Crippen LogP) is 6.14. The van der Waals surface area contributed by atoms with Crippen molar-refractivity contribution >= 4 is 53.9 Å². The second-order valence-electron chi connectivity index (χ2n) is 10.2. The molecule has 10 nitrogen and oxygen atoms in total. The van der Waals surface area contributed by atoms with Crippen molar-refractivity contribution in [2.24, 2.45) is 5.41 Å². The summed E-state index contributed by atoms with van der Waals surface area (Å²) < 4.78 is 40.1. The third-order valence-corrected chi connectivity index (χ3v) is 9.64. The van der Waals surface area contributed by atoms with Crippen molar-refractivity contribution in [3.63, 3.8) is 0 Å². The quantitative estimate of drug-likeness (QED) is 0.241. The molecular weight excluding hydrogens is 619 g/mol. The maximum absolute atomic E-state index is 13.2. The minimum Gasteiger partial charge on any atom is -0.348 e. The Labute approximate surface area is 237 Å². The van der Waals surface area contributed by atoms with E-state index < -0.39 is 38.2 Å². The van der Waals surface area contributed by atoms with E-state index in [-0.39, 0.29) is 20.9 Å². The van der Waals surface area contributed by atoms with Gasteiger partial charge in [-0.15, -0.1) is 0 Å². The first-order valence-electron chi connectivity index (χ1n) is 12.5. The van der Waals surface area contributed by atoms with Gasteiger partial charge in [0.25, 0.3) is 16.9 Å². The number of piperidine rings is 2. The van der Waals surface area contributed by atoms with Crippen LogP contribution in [0, 0.1) is 25.6 Å². The number of rotatable bonds is 5. The summed E-state index contributed by atoms with van der Waals surface area (Å²) in [4.78, 5) is 42.2. The fraction of sp³-hybridized carbons (Fsp3) is 0.440. The van der Waals surface area contributed by atoms with Crippen LogP contribution in [-0.4, -0.2) is 45.9 Å². The lowest BCUT2D eigenvalue weighted by molar-refractivity contribution is -0.385. The lowest BCUT2D eigenvalue weighted by Crippen LogP contribution is -2.46. The Hall–Kier alpha value is -3.17. The zero-order valence-corrected chi connectivity index (χ0v) is 23.4. The second-order valence-corrected chi connectivity index (χ2v) is 12.1. The van der Waals surface area contributed by atoms with Gasteiger partial charge in [0, 0.05) is 31.8 Å². The molecule has 2 fully saturated rings. The van der Waals surface area contributed by atoms with E-state index in [1.165, 1.54) is 6.07 Å². The number of benzene rings is 2. The molecule has 2 aliphatic rings. The molecule has 212 valence electrons. The average Bonchev–Trinajstić information content (AvgIpc) is 2.89. The molecule has 0 N–H and O–H groups in total. The van der Waals surface area contributed by atoms with Crippen LogP contribution in [0.25, 0.3) is 10.1 Å². The molecule has 0 aliphatic carbocycles. The molecule has 1 aromatic heterocycles. The number of aromatic nitrogens is 1. The molecule has 3 aromatic rings. The fourth-order valence-electron chi connectivity index (χ4n) is 5.49. The molecular formula is C25H23BrF3N5O5S. The van der Waals surface area contributed by atoms with Crippen LogP contribution in [0.1, 0.15) is 36.8 Å². The van der Waals surface area contributed by atoms with Gasteiger partial charge in [0.2, 0.25) is 0 Å². The summed E-state index contributed by atoms with van der Waals surface area (Å²) in [6, 6.07) is 6.14. The minimum absolute atomic E-state index is 0.0275. The Balaban J connectivity index is 1.26. The van der Waals surface area contributed by atoms with Crippen molar-refractivity contribution in [1.82, 2.24) is 9.88 Å². The lowest BCUT2D eigenvalue weighted by atomic mass is 9.71. The van der Waals surface area contributed by atoms with Gasteiger partial charge >= 0.3 is 6.18 Å². The average molecular weight is 642 g/mol. The molecule has 2 aromatic carbocycles. The molecule has 0 atom stereocenters. The molecule has 2 aliphatic heterocycles. The Bertz CT molecular complexity index is 1550. The summed E-state index contributed by atoms with van der Waals surface area (Å²) in [5, 5.41) is 22.5.